The van der Waals surface area contributed by atoms with E-state index >= 15 is 0 Å². The Morgan fingerprint density at radius 2 is 2.05 bits per heavy atom. The van der Waals surface area contributed by atoms with E-state index in [4.69, 9.17) is 9.84 Å². The minimum Gasteiger partial charge on any atom is -0.482 e. The number of amides is 1. The van der Waals surface area contributed by atoms with Crippen LogP contribution in [-0.2, 0) is 4.79 Å². The van der Waals surface area contributed by atoms with Gasteiger partial charge in [0.15, 0.2) is 6.61 Å². The number of rotatable bonds is 6. The Morgan fingerprint density at radius 1 is 1.26 bits per heavy atom. The van der Waals surface area contributed by atoms with Gasteiger partial charge >= 0.3 is 0 Å². The predicted octanol–water partition coefficient (Wildman–Crippen LogP) is 2.73. The quantitative estimate of drug-likeness (QED) is 0.817. The van der Waals surface area contributed by atoms with Crippen LogP contribution in [0.3, 0.4) is 0 Å². The van der Waals surface area contributed by atoms with Crippen molar-refractivity contribution in [2.45, 2.75) is 25.7 Å². The SMILES string of the molecule is O=C1COc2ccc(Br)cc2N1CCCCCCO. The zero-order valence-corrected chi connectivity index (χ0v) is 12.4. The molecule has 0 unspecified atom stereocenters. The van der Waals surface area contributed by atoms with Crippen molar-refractivity contribution in [2.75, 3.05) is 24.7 Å². The lowest BCUT2D eigenvalue weighted by atomic mass is 10.1. The number of hydrogen-bond acceptors (Lipinski definition) is 3. The van der Waals surface area contributed by atoms with Crippen molar-refractivity contribution in [1.82, 2.24) is 0 Å². The lowest BCUT2D eigenvalue weighted by Crippen LogP contribution is -2.39. The summed E-state index contributed by atoms with van der Waals surface area (Å²) in [5, 5.41) is 8.73. The van der Waals surface area contributed by atoms with Crippen LogP contribution in [0, 0.1) is 0 Å². The molecule has 19 heavy (non-hydrogen) atoms. The molecule has 4 nitrogen and oxygen atoms in total. The third-order valence-electron chi connectivity index (χ3n) is 3.15. The molecule has 5 heteroatoms. The summed E-state index contributed by atoms with van der Waals surface area (Å²) in [6.07, 6.45) is 3.80. The van der Waals surface area contributed by atoms with E-state index in [1.54, 1.807) is 4.90 Å². The molecular weight excluding hydrogens is 310 g/mol. The van der Waals surface area contributed by atoms with Crippen molar-refractivity contribution in [3.8, 4) is 5.75 Å². The second-order valence-electron chi connectivity index (χ2n) is 4.58. The Hall–Kier alpha value is -1.07. The molecule has 1 aromatic carbocycles. The van der Waals surface area contributed by atoms with E-state index in [-0.39, 0.29) is 19.1 Å². The molecule has 0 aromatic heterocycles. The smallest absolute Gasteiger partial charge is 0.265 e. The van der Waals surface area contributed by atoms with E-state index in [1.807, 2.05) is 18.2 Å². The fraction of sp³-hybridized carbons (Fsp3) is 0.500. The molecule has 0 fully saturated rings. The molecule has 1 amide bonds. The zero-order chi connectivity index (χ0) is 13.7. The van der Waals surface area contributed by atoms with Gasteiger partial charge in [-0.2, -0.15) is 0 Å². The molecule has 0 saturated heterocycles. The summed E-state index contributed by atoms with van der Waals surface area (Å²) >= 11 is 3.42. The van der Waals surface area contributed by atoms with E-state index in [2.05, 4.69) is 15.9 Å². The topological polar surface area (TPSA) is 49.8 Å². The molecule has 104 valence electrons. The summed E-state index contributed by atoms with van der Waals surface area (Å²) in [4.78, 5) is 13.7. The van der Waals surface area contributed by atoms with Gasteiger partial charge in [0, 0.05) is 17.6 Å². The van der Waals surface area contributed by atoms with Gasteiger partial charge < -0.3 is 14.7 Å². The maximum Gasteiger partial charge on any atom is 0.265 e. The van der Waals surface area contributed by atoms with Crippen LogP contribution in [0.1, 0.15) is 25.7 Å². The number of benzene rings is 1. The van der Waals surface area contributed by atoms with Gasteiger partial charge in [0.2, 0.25) is 0 Å². The molecule has 0 saturated carbocycles. The molecule has 2 rings (SSSR count). The number of aliphatic hydroxyl groups is 1. The van der Waals surface area contributed by atoms with Gasteiger partial charge in [-0.3, -0.25) is 4.79 Å². The minimum absolute atomic E-state index is 0.00718. The fourth-order valence-electron chi connectivity index (χ4n) is 2.16. The van der Waals surface area contributed by atoms with Gasteiger partial charge in [0.1, 0.15) is 5.75 Å². The monoisotopic (exact) mass is 327 g/mol. The summed E-state index contributed by atoms with van der Waals surface area (Å²) in [7, 11) is 0. The van der Waals surface area contributed by atoms with Crippen LogP contribution in [0.25, 0.3) is 0 Å². The van der Waals surface area contributed by atoms with E-state index in [1.165, 1.54) is 0 Å². The number of halogens is 1. The number of aliphatic hydroxyl groups excluding tert-OH is 1. The Kier molecular flexibility index (Phi) is 5.22. The van der Waals surface area contributed by atoms with Gasteiger partial charge in [0.25, 0.3) is 5.91 Å². The first-order valence-electron chi connectivity index (χ1n) is 6.56. The lowest BCUT2D eigenvalue weighted by molar-refractivity contribution is -0.121. The molecule has 1 aliphatic heterocycles. The second kappa shape index (κ2) is 6.91. The van der Waals surface area contributed by atoms with Crippen LogP contribution >= 0.6 is 15.9 Å². The average Bonchev–Trinajstić information content (AvgIpc) is 2.40. The van der Waals surface area contributed by atoms with Gasteiger partial charge in [-0.25, -0.2) is 0 Å². The van der Waals surface area contributed by atoms with Crippen molar-refractivity contribution in [2.24, 2.45) is 0 Å². The van der Waals surface area contributed by atoms with E-state index < -0.39 is 0 Å². The summed E-state index contributed by atoms with van der Waals surface area (Å²) in [5.41, 5.74) is 0.841. The molecule has 0 aliphatic carbocycles. The molecule has 1 aliphatic rings. The Morgan fingerprint density at radius 3 is 2.84 bits per heavy atom. The Labute approximate surface area is 121 Å². The highest BCUT2D eigenvalue weighted by Gasteiger charge is 2.24. The van der Waals surface area contributed by atoms with Crippen LogP contribution in [-0.4, -0.2) is 30.8 Å². The predicted molar refractivity (Wildman–Crippen MR) is 77.5 cm³/mol. The number of hydrogen-bond donors (Lipinski definition) is 1. The van der Waals surface area contributed by atoms with Gasteiger partial charge in [0.05, 0.1) is 5.69 Å². The standard InChI is InChI=1S/C14H18BrNO3/c15-11-5-6-13-12(9-11)16(14(18)10-19-13)7-3-1-2-4-8-17/h5-6,9,17H,1-4,7-8,10H2. The maximum absolute atomic E-state index is 11.9. The molecule has 0 radical (unpaired) electrons. The number of nitrogens with zero attached hydrogens (tertiary/aromatic N) is 1. The van der Waals surface area contributed by atoms with E-state index in [9.17, 15) is 4.79 Å². The number of carbonyl (C=O) groups excluding carboxylic acids is 1. The van der Waals surface area contributed by atoms with E-state index in [0.29, 0.717) is 6.54 Å². The Bertz CT molecular complexity index is 450. The highest BCUT2D eigenvalue weighted by Crippen LogP contribution is 2.34. The highest BCUT2D eigenvalue weighted by atomic mass is 79.9. The fourth-order valence-corrected chi connectivity index (χ4v) is 2.50. The molecule has 1 heterocycles. The van der Waals surface area contributed by atoms with Crippen molar-refractivity contribution in [3.63, 3.8) is 0 Å². The molecule has 1 N–H and O–H groups in total. The lowest BCUT2D eigenvalue weighted by Gasteiger charge is -2.29. The van der Waals surface area contributed by atoms with Crippen LogP contribution < -0.4 is 9.64 Å². The first-order chi connectivity index (χ1) is 9.22. The molecule has 1 aromatic rings. The number of unbranched alkanes of at least 4 members (excludes halogenated alkanes) is 3. The molecular formula is C14H18BrNO3. The van der Waals surface area contributed by atoms with Gasteiger partial charge in [-0.15, -0.1) is 0 Å². The van der Waals surface area contributed by atoms with Crippen LogP contribution in [0.2, 0.25) is 0 Å². The van der Waals surface area contributed by atoms with E-state index in [0.717, 1.165) is 41.6 Å². The summed E-state index contributed by atoms with van der Waals surface area (Å²) < 4.78 is 6.36. The summed E-state index contributed by atoms with van der Waals surface area (Å²) in [5.74, 6) is 0.769. The van der Waals surface area contributed by atoms with Crippen LogP contribution in [0.4, 0.5) is 5.69 Å². The van der Waals surface area contributed by atoms with Crippen molar-refractivity contribution in [1.29, 1.82) is 0 Å². The summed E-state index contributed by atoms with van der Waals surface area (Å²) in [6.45, 7) is 1.06. The minimum atomic E-state index is 0.00718. The molecule has 0 atom stereocenters. The zero-order valence-electron chi connectivity index (χ0n) is 10.8. The average molecular weight is 328 g/mol. The summed E-state index contributed by atoms with van der Waals surface area (Å²) in [6, 6.07) is 5.71. The maximum atomic E-state index is 11.9. The number of anilines is 1. The highest BCUT2D eigenvalue weighted by molar-refractivity contribution is 9.10. The normalized spacial score (nSPS) is 14.2. The number of ether oxygens (including phenoxy) is 1. The number of fused-ring (bicyclic) bond motifs is 1. The van der Waals surface area contributed by atoms with Crippen LogP contribution in [0.5, 0.6) is 5.75 Å². The number of carbonyl (C=O) groups is 1. The third-order valence-corrected chi connectivity index (χ3v) is 3.65. The molecule has 0 bridgehead atoms. The Balaban J connectivity index is 1.99. The van der Waals surface area contributed by atoms with Crippen molar-refractivity contribution >= 4 is 27.5 Å². The first kappa shape index (κ1) is 14.3. The van der Waals surface area contributed by atoms with Gasteiger partial charge in [-0.05, 0) is 31.0 Å². The first-order valence-corrected chi connectivity index (χ1v) is 7.35. The van der Waals surface area contributed by atoms with Crippen molar-refractivity contribution < 1.29 is 14.6 Å². The van der Waals surface area contributed by atoms with Gasteiger partial charge in [-0.1, -0.05) is 28.8 Å². The molecule has 0 spiro atoms. The second-order valence-corrected chi connectivity index (χ2v) is 5.50. The van der Waals surface area contributed by atoms with Crippen molar-refractivity contribution in [3.05, 3.63) is 22.7 Å². The third kappa shape index (κ3) is 3.70. The van der Waals surface area contributed by atoms with Crippen LogP contribution in [0.15, 0.2) is 22.7 Å². The largest absolute Gasteiger partial charge is 0.482 e.